The van der Waals surface area contributed by atoms with Crippen LogP contribution in [0.25, 0.3) is 0 Å². The van der Waals surface area contributed by atoms with Gasteiger partial charge in [-0.15, -0.1) is 0 Å². The Morgan fingerprint density at radius 3 is 2.47 bits per heavy atom. The second kappa shape index (κ2) is 4.54. The summed E-state index contributed by atoms with van der Waals surface area (Å²) in [5.41, 5.74) is 5.34. The first kappa shape index (κ1) is 11.6. The van der Waals surface area contributed by atoms with E-state index in [1.807, 2.05) is 0 Å². The normalized spacial score (nSPS) is 10.5. The number of nitrogen functional groups attached to an aromatic ring is 1. The van der Waals surface area contributed by atoms with Gasteiger partial charge in [0.25, 0.3) is 0 Å². The highest BCUT2D eigenvalue weighted by molar-refractivity contribution is 7.71. The van der Waals surface area contributed by atoms with Gasteiger partial charge < -0.3 is 10.7 Å². The van der Waals surface area contributed by atoms with Crippen LogP contribution in [-0.2, 0) is 6.42 Å². The van der Waals surface area contributed by atoms with Crippen LogP contribution in [0.15, 0.2) is 18.2 Å². The molecule has 0 radical (unpaired) electrons. The van der Waals surface area contributed by atoms with E-state index in [4.69, 9.17) is 18.0 Å². The first-order chi connectivity index (χ1) is 8.06. The van der Waals surface area contributed by atoms with E-state index in [-0.39, 0.29) is 28.5 Å². The number of aromatic amines is 1. The van der Waals surface area contributed by atoms with Crippen molar-refractivity contribution in [1.29, 1.82) is 0 Å². The monoisotopic (exact) mass is 254 g/mol. The van der Waals surface area contributed by atoms with Gasteiger partial charge >= 0.3 is 0 Å². The second-order valence-electron chi connectivity index (χ2n) is 3.34. The molecule has 0 atom stereocenters. The van der Waals surface area contributed by atoms with E-state index in [0.29, 0.717) is 0 Å². The van der Waals surface area contributed by atoms with Gasteiger partial charge in [0.2, 0.25) is 10.7 Å². The summed E-state index contributed by atoms with van der Waals surface area (Å²) in [6.07, 6.45) is -0.0606. The molecule has 2 rings (SSSR count). The first-order valence-corrected chi connectivity index (χ1v) is 5.12. The lowest BCUT2D eigenvalue weighted by Crippen LogP contribution is -2.06. The Labute approximate surface area is 101 Å². The summed E-state index contributed by atoms with van der Waals surface area (Å²) in [6.45, 7) is 0. The molecule has 88 valence electrons. The lowest BCUT2D eigenvalue weighted by molar-refractivity contribution is 0.559. The van der Waals surface area contributed by atoms with Crippen molar-refractivity contribution in [2.24, 2.45) is 0 Å². The van der Waals surface area contributed by atoms with Crippen molar-refractivity contribution in [3.8, 4) is 0 Å². The molecule has 0 saturated heterocycles. The number of H-pyrrole nitrogens is 1. The zero-order valence-corrected chi connectivity index (χ0v) is 9.39. The van der Waals surface area contributed by atoms with Crippen molar-refractivity contribution >= 4 is 18.2 Å². The van der Waals surface area contributed by atoms with Crippen molar-refractivity contribution in [3.05, 3.63) is 46.0 Å². The van der Waals surface area contributed by atoms with E-state index in [1.54, 1.807) is 0 Å². The highest BCUT2D eigenvalue weighted by atomic mass is 32.1. The number of hydrogen-bond donors (Lipinski definition) is 2. The fraction of sp³-hybridized carbons (Fsp3) is 0.100. The lowest BCUT2D eigenvalue weighted by atomic mass is 10.1. The molecule has 0 fully saturated rings. The van der Waals surface area contributed by atoms with Crippen molar-refractivity contribution in [1.82, 2.24) is 15.0 Å². The molecule has 2 aromatic rings. The first-order valence-electron chi connectivity index (χ1n) is 4.72. The van der Waals surface area contributed by atoms with Gasteiger partial charge in [-0.1, -0.05) is 6.07 Å². The summed E-state index contributed by atoms with van der Waals surface area (Å²) < 4.78 is 26.8. The molecule has 0 aliphatic rings. The van der Waals surface area contributed by atoms with Gasteiger partial charge in [-0.25, -0.2) is 13.8 Å². The number of nitrogens with one attached hydrogen (secondary N) is 1. The molecule has 4 nitrogen and oxygen atoms in total. The van der Waals surface area contributed by atoms with Crippen molar-refractivity contribution in [3.63, 3.8) is 0 Å². The Morgan fingerprint density at radius 1 is 1.24 bits per heavy atom. The summed E-state index contributed by atoms with van der Waals surface area (Å²) >= 11 is 4.76. The summed E-state index contributed by atoms with van der Waals surface area (Å²) in [5, 5.41) is 0. The minimum atomic E-state index is -0.637. The number of nitrogens with two attached hydrogens (primary N) is 1. The van der Waals surface area contributed by atoms with E-state index in [2.05, 4.69) is 15.0 Å². The molecule has 7 heteroatoms. The number of aromatic nitrogens is 3. The van der Waals surface area contributed by atoms with Crippen LogP contribution < -0.4 is 5.73 Å². The molecule has 0 unspecified atom stereocenters. The Morgan fingerprint density at radius 2 is 1.88 bits per heavy atom. The number of anilines is 1. The highest BCUT2D eigenvalue weighted by Crippen LogP contribution is 2.15. The molecule has 0 aliphatic heterocycles. The minimum absolute atomic E-state index is 0.0352. The molecule has 1 aromatic heterocycles. The van der Waals surface area contributed by atoms with Gasteiger partial charge in [0.15, 0.2) is 0 Å². The number of rotatable bonds is 2. The number of nitrogens with zero attached hydrogens (tertiary/aromatic N) is 2. The van der Waals surface area contributed by atoms with Gasteiger partial charge in [-0.05, 0) is 24.4 Å². The van der Waals surface area contributed by atoms with Crippen LogP contribution >= 0.6 is 12.2 Å². The third-order valence-corrected chi connectivity index (χ3v) is 2.31. The highest BCUT2D eigenvalue weighted by Gasteiger charge is 2.10. The molecule has 0 amide bonds. The van der Waals surface area contributed by atoms with Crippen LogP contribution in [0.5, 0.6) is 0 Å². The summed E-state index contributed by atoms with van der Waals surface area (Å²) in [6, 6.07) is 3.65. The molecule has 3 N–H and O–H groups in total. The zero-order chi connectivity index (χ0) is 12.4. The molecule has 0 spiro atoms. The standard InChI is InChI=1S/C10H8F2N4S/c11-6-2-1-3-7(12)5(6)4-8-14-9(13)16-10(17)15-8/h1-3H,4H2,(H3,13,14,15,16,17). The van der Waals surface area contributed by atoms with Gasteiger partial charge in [0, 0.05) is 12.0 Å². The predicted molar refractivity (Wildman–Crippen MR) is 60.8 cm³/mol. The number of hydrogen-bond acceptors (Lipinski definition) is 4. The van der Waals surface area contributed by atoms with E-state index >= 15 is 0 Å². The minimum Gasteiger partial charge on any atom is -0.369 e. The average molecular weight is 254 g/mol. The average Bonchev–Trinajstić information content (AvgIpc) is 2.22. The molecule has 0 aliphatic carbocycles. The van der Waals surface area contributed by atoms with Crippen LogP contribution in [-0.4, -0.2) is 15.0 Å². The van der Waals surface area contributed by atoms with E-state index in [0.717, 1.165) is 0 Å². The maximum Gasteiger partial charge on any atom is 0.224 e. The number of benzene rings is 1. The van der Waals surface area contributed by atoms with E-state index in [9.17, 15) is 8.78 Å². The summed E-state index contributed by atoms with van der Waals surface area (Å²) in [4.78, 5) is 10.1. The van der Waals surface area contributed by atoms with Gasteiger partial charge in [-0.2, -0.15) is 4.98 Å². The molecular formula is C10H8F2N4S. The molecule has 17 heavy (non-hydrogen) atoms. The van der Waals surface area contributed by atoms with E-state index in [1.165, 1.54) is 18.2 Å². The van der Waals surface area contributed by atoms with Crippen LogP contribution in [0.4, 0.5) is 14.7 Å². The third kappa shape index (κ3) is 2.62. The largest absolute Gasteiger partial charge is 0.369 e. The van der Waals surface area contributed by atoms with Gasteiger partial charge in [-0.3, -0.25) is 0 Å². The zero-order valence-electron chi connectivity index (χ0n) is 8.58. The molecular weight excluding hydrogens is 246 g/mol. The fourth-order valence-corrected chi connectivity index (χ4v) is 1.61. The van der Waals surface area contributed by atoms with Crippen LogP contribution in [0.1, 0.15) is 11.4 Å². The maximum absolute atomic E-state index is 13.4. The Balaban J connectivity index is 2.41. The smallest absolute Gasteiger partial charge is 0.224 e. The van der Waals surface area contributed by atoms with Crippen LogP contribution in [0.3, 0.4) is 0 Å². The van der Waals surface area contributed by atoms with Crippen molar-refractivity contribution in [2.45, 2.75) is 6.42 Å². The third-order valence-electron chi connectivity index (χ3n) is 2.12. The van der Waals surface area contributed by atoms with Gasteiger partial charge in [0.05, 0.1) is 0 Å². The Bertz CT molecular complexity index is 591. The maximum atomic E-state index is 13.4. The lowest BCUT2D eigenvalue weighted by Gasteiger charge is -2.04. The fourth-order valence-electron chi connectivity index (χ4n) is 1.40. The molecule has 0 saturated carbocycles. The molecule has 1 aromatic carbocycles. The van der Waals surface area contributed by atoms with Crippen molar-refractivity contribution in [2.75, 3.05) is 5.73 Å². The van der Waals surface area contributed by atoms with Crippen LogP contribution in [0, 0.1) is 16.4 Å². The second-order valence-corrected chi connectivity index (χ2v) is 3.71. The topological polar surface area (TPSA) is 67.6 Å². The molecule has 0 bridgehead atoms. The van der Waals surface area contributed by atoms with Crippen molar-refractivity contribution < 1.29 is 8.78 Å². The quantitative estimate of drug-likeness (QED) is 0.804. The Hall–Kier alpha value is -1.89. The predicted octanol–water partition coefficient (Wildman–Crippen LogP) is 1.99. The van der Waals surface area contributed by atoms with E-state index < -0.39 is 11.6 Å². The molecule has 1 heterocycles. The summed E-state index contributed by atoms with van der Waals surface area (Å²) in [5.74, 6) is -0.939. The number of halogens is 2. The van der Waals surface area contributed by atoms with Crippen LogP contribution in [0.2, 0.25) is 0 Å². The van der Waals surface area contributed by atoms with Gasteiger partial charge in [0.1, 0.15) is 17.5 Å². The Kier molecular flexibility index (Phi) is 3.10. The SMILES string of the molecule is Nc1nc(=S)nc(Cc2c(F)cccc2F)[nH]1. The summed E-state index contributed by atoms with van der Waals surface area (Å²) in [7, 11) is 0.